The Bertz CT molecular complexity index is 1220. The number of nitrogens with zero attached hydrogens (tertiary/aromatic N) is 8. The second-order valence-electron chi connectivity index (χ2n) is 10.8. The summed E-state index contributed by atoms with van der Waals surface area (Å²) in [6.45, 7) is 17.7. The van der Waals surface area contributed by atoms with Gasteiger partial charge in [-0.25, -0.2) is 14.6 Å². The van der Waals surface area contributed by atoms with Gasteiger partial charge in [-0.1, -0.05) is 0 Å². The summed E-state index contributed by atoms with van der Waals surface area (Å²) in [6.07, 6.45) is 3.90. The molecule has 3 aromatic rings. The first-order chi connectivity index (χ1) is 17.2. The number of hydrogen-bond acceptors (Lipinski definition) is 8. The quantitative estimate of drug-likeness (QED) is 0.559. The molecule has 3 aromatic heterocycles. The van der Waals surface area contributed by atoms with Crippen molar-refractivity contribution in [1.82, 2.24) is 39.1 Å². The Morgan fingerprint density at radius 1 is 1.06 bits per heavy atom. The van der Waals surface area contributed by atoms with Crippen molar-refractivity contribution >= 4 is 0 Å². The maximum Gasteiger partial charge on any atom is 0.178 e. The molecule has 1 atom stereocenters. The summed E-state index contributed by atoms with van der Waals surface area (Å²) in [6, 6.07) is 2.49. The van der Waals surface area contributed by atoms with Crippen molar-refractivity contribution in [3.63, 3.8) is 0 Å². The number of aromatic nitrogens is 6. The molecule has 194 valence electrons. The largest absolute Gasteiger partial charge is 0.489 e. The molecule has 1 saturated heterocycles. The van der Waals surface area contributed by atoms with E-state index in [1.165, 1.54) is 0 Å². The van der Waals surface area contributed by atoms with Gasteiger partial charge in [0.25, 0.3) is 0 Å². The zero-order valence-corrected chi connectivity index (χ0v) is 22.3. The van der Waals surface area contributed by atoms with Crippen LogP contribution in [-0.2, 0) is 6.54 Å². The van der Waals surface area contributed by atoms with Gasteiger partial charge in [-0.05, 0) is 47.6 Å². The van der Waals surface area contributed by atoms with Crippen LogP contribution >= 0.6 is 0 Å². The third kappa shape index (κ3) is 4.53. The lowest BCUT2D eigenvalue weighted by atomic mass is 10.0. The molecule has 2 aliphatic rings. The summed E-state index contributed by atoms with van der Waals surface area (Å²) in [4.78, 5) is 19.3. The molecular weight excluding hydrogens is 456 g/mol. The lowest BCUT2D eigenvalue weighted by Crippen LogP contribution is -2.56. The monoisotopic (exact) mass is 494 g/mol. The lowest BCUT2D eigenvalue weighted by Gasteiger charge is -2.44. The first-order valence-corrected chi connectivity index (χ1v) is 12.9. The number of aliphatic hydroxyl groups excluding tert-OH is 1. The predicted octanol–water partition coefficient (Wildman–Crippen LogP) is 2.93. The summed E-state index contributed by atoms with van der Waals surface area (Å²) in [5, 5.41) is 14.3. The number of hydrogen-bond donors (Lipinski definition) is 1. The van der Waals surface area contributed by atoms with Gasteiger partial charge in [0.05, 0.1) is 30.6 Å². The topological polar surface area (TPSA) is 97.4 Å². The van der Waals surface area contributed by atoms with E-state index < -0.39 is 0 Å². The smallest absolute Gasteiger partial charge is 0.178 e. The summed E-state index contributed by atoms with van der Waals surface area (Å²) in [7, 11) is 0. The highest BCUT2D eigenvalue weighted by molar-refractivity contribution is 5.68. The van der Waals surface area contributed by atoms with Crippen molar-refractivity contribution in [2.45, 2.75) is 65.7 Å². The minimum Gasteiger partial charge on any atom is -0.489 e. The molecule has 5 heterocycles. The lowest BCUT2D eigenvalue weighted by molar-refractivity contribution is 0.00653. The van der Waals surface area contributed by atoms with Crippen LogP contribution in [0.5, 0.6) is 5.75 Å². The number of aryl methyl sites for hydroxylation is 1. The fraction of sp³-hybridized carbons (Fsp3) is 0.615. The average molecular weight is 495 g/mol. The third-order valence-corrected chi connectivity index (χ3v) is 7.48. The van der Waals surface area contributed by atoms with E-state index in [0.29, 0.717) is 13.2 Å². The molecule has 0 aromatic carbocycles. The molecule has 36 heavy (non-hydrogen) atoms. The number of imidazole rings is 1. The number of pyridine rings is 1. The van der Waals surface area contributed by atoms with E-state index >= 15 is 0 Å². The number of aliphatic hydroxyl groups is 1. The molecule has 0 unspecified atom stereocenters. The van der Waals surface area contributed by atoms with E-state index in [1.807, 2.05) is 17.8 Å². The van der Waals surface area contributed by atoms with Gasteiger partial charge in [0, 0.05) is 50.0 Å². The van der Waals surface area contributed by atoms with E-state index in [0.717, 1.165) is 66.4 Å². The number of fused-ring (bicyclic) bond motifs is 3. The number of rotatable bonds is 6. The number of ether oxygens (including phenoxy) is 1. The standard InChI is InChI=1S/C26H38N8O2/c1-17(2)34-25(28-19(4)30-34)22-15-32-11-12-36-23-14-27-21(13-20(23)24(32)29-22)18(3)31-7-9-33(10-8-31)26(5,6)16-35/h13-15,17-18,35H,7-12,16H2,1-6H3/t18-/m0/s1. The van der Waals surface area contributed by atoms with Gasteiger partial charge in [0.2, 0.25) is 0 Å². The van der Waals surface area contributed by atoms with Crippen LogP contribution < -0.4 is 4.74 Å². The van der Waals surface area contributed by atoms with Crippen molar-refractivity contribution in [3.8, 4) is 28.7 Å². The SMILES string of the molecule is Cc1nc(-c2cn3c(n2)-c2cc([C@H](C)N4CCN(C(C)(C)CO)CC4)ncc2OCC3)n(C(C)C)n1. The maximum absolute atomic E-state index is 9.74. The summed E-state index contributed by atoms with van der Waals surface area (Å²) in [5.41, 5.74) is 2.60. The van der Waals surface area contributed by atoms with Crippen molar-refractivity contribution < 1.29 is 9.84 Å². The molecule has 10 nitrogen and oxygen atoms in total. The van der Waals surface area contributed by atoms with E-state index in [4.69, 9.17) is 14.7 Å². The summed E-state index contributed by atoms with van der Waals surface area (Å²) >= 11 is 0. The summed E-state index contributed by atoms with van der Waals surface area (Å²) in [5.74, 6) is 3.17. The van der Waals surface area contributed by atoms with Crippen molar-refractivity contribution in [3.05, 3.63) is 30.0 Å². The summed E-state index contributed by atoms with van der Waals surface area (Å²) < 4.78 is 10.1. The van der Waals surface area contributed by atoms with Crippen LogP contribution in [0.1, 0.15) is 58.2 Å². The molecule has 2 aliphatic heterocycles. The van der Waals surface area contributed by atoms with Gasteiger partial charge in [0.1, 0.15) is 29.7 Å². The first kappa shape index (κ1) is 24.9. The molecule has 0 bridgehead atoms. The van der Waals surface area contributed by atoms with Gasteiger partial charge in [-0.3, -0.25) is 14.8 Å². The van der Waals surface area contributed by atoms with Gasteiger partial charge >= 0.3 is 0 Å². The van der Waals surface area contributed by atoms with Crippen molar-refractivity contribution in [2.75, 3.05) is 39.4 Å². The normalized spacial score (nSPS) is 18.0. The molecule has 0 amide bonds. The fourth-order valence-electron chi connectivity index (χ4n) is 5.11. The van der Waals surface area contributed by atoms with Gasteiger partial charge < -0.3 is 14.4 Å². The predicted molar refractivity (Wildman–Crippen MR) is 138 cm³/mol. The van der Waals surface area contributed by atoms with Crippen LogP contribution in [0.3, 0.4) is 0 Å². The van der Waals surface area contributed by atoms with Gasteiger partial charge in [-0.2, -0.15) is 5.10 Å². The Morgan fingerprint density at radius 3 is 2.50 bits per heavy atom. The molecule has 1 fully saturated rings. The third-order valence-electron chi connectivity index (χ3n) is 7.48. The highest BCUT2D eigenvalue weighted by Crippen LogP contribution is 2.36. The molecule has 10 heteroatoms. The molecule has 0 aliphatic carbocycles. The second kappa shape index (κ2) is 9.57. The molecule has 5 rings (SSSR count). The molecule has 0 radical (unpaired) electrons. The minimum atomic E-state index is -0.192. The Labute approximate surface area is 212 Å². The van der Waals surface area contributed by atoms with Crippen LogP contribution in [0.4, 0.5) is 0 Å². The van der Waals surface area contributed by atoms with Crippen LogP contribution in [0.2, 0.25) is 0 Å². The Morgan fingerprint density at radius 2 is 1.81 bits per heavy atom. The Kier molecular flexibility index (Phi) is 6.61. The van der Waals surface area contributed by atoms with Crippen LogP contribution in [0, 0.1) is 6.92 Å². The minimum absolute atomic E-state index is 0.160. The van der Waals surface area contributed by atoms with E-state index in [-0.39, 0.29) is 24.2 Å². The Hall–Kier alpha value is -2.82. The van der Waals surface area contributed by atoms with E-state index in [1.54, 1.807) is 0 Å². The molecule has 0 spiro atoms. The fourth-order valence-corrected chi connectivity index (χ4v) is 5.11. The highest BCUT2D eigenvalue weighted by Gasteiger charge is 2.32. The van der Waals surface area contributed by atoms with Crippen LogP contribution in [-0.4, -0.2) is 89.1 Å². The molecular formula is C26H38N8O2. The zero-order chi connectivity index (χ0) is 25.6. The highest BCUT2D eigenvalue weighted by atomic mass is 16.5. The van der Waals surface area contributed by atoms with E-state index in [2.05, 4.69) is 71.3 Å². The van der Waals surface area contributed by atoms with Crippen LogP contribution in [0.15, 0.2) is 18.5 Å². The molecule has 0 saturated carbocycles. The second-order valence-corrected chi connectivity index (χ2v) is 10.8. The van der Waals surface area contributed by atoms with Gasteiger partial charge in [-0.15, -0.1) is 0 Å². The van der Waals surface area contributed by atoms with E-state index in [9.17, 15) is 5.11 Å². The van der Waals surface area contributed by atoms with Gasteiger partial charge in [0.15, 0.2) is 5.82 Å². The van der Waals surface area contributed by atoms with Crippen LogP contribution in [0.25, 0.3) is 22.9 Å². The maximum atomic E-state index is 9.74. The average Bonchev–Trinajstić information content (AvgIpc) is 3.43. The number of piperazine rings is 1. The Balaban J connectivity index is 1.43. The van der Waals surface area contributed by atoms with Crippen molar-refractivity contribution in [2.24, 2.45) is 0 Å². The molecule has 1 N–H and O–H groups in total. The first-order valence-electron chi connectivity index (χ1n) is 12.9. The zero-order valence-electron chi connectivity index (χ0n) is 22.3. The van der Waals surface area contributed by atoms with Crippen molar-refractivity contribution in [1.29, 1.82) is 0 Å².